The normalized spacial score (nSPS) is 26.4. The van der Waals surface area contributed by atoms with E-state index in [0.29, 0.717) is 22.0 Å². The number of hydrogen-bond donors (Lipinski definition) is 4. The van der Waals surface area contributed by atoms with E-state index < -0.39 is 41.9 Å². The minimum Gasteiger partial charge on any atom is -0.453 e. The summed E-state index contributed by atoms with van der Waals surface area (Å²) in [4.78, 5) is 51.3. The number of rotatable bonds is 3. The first-order valence-electron chi connectivity index (χ1n) is 11.2. The fraction of sp³-hybridized carbons (Fsp3) is 0.333. The Labute approximate surface area is 210 Å². The molecule has 3 heterocycles. The van der Waals surface area contributed by atoms with Gasteiger partial charge in [-0.15, -0.1) is 0 Å². The van der Waals surface area contributed by atoms with Crippen molar-refractivity contribution in [3.63, 3.8) is 0 Å². The van der Waals surface area contributed by atoms with Crippen molar-refractivity contribution < 1.29 is 33.8 Å². The number of ether oxygens (including phenoxy) is 2. The highest BCUT2D eigenvalue weighted by atomic mass is 35.5. The molecule has 5 rings (SSSR count). The maximum Gasteiger partial charge on any atom is 0.412 e. The lowest BCUT2D eigenvalue weighted by atomic mass is 9.86. The Morgan fingerprint density at radius 3 is 2.69 bits per heavy atom. The smallest absolute Gasteiger partial charge is 0.412 e. The van der Waals surface area contributed by atoms with Gasteiger partial charge < -0.3 is 24.8 Å². The summed E-state index contributed by atoms with van der Waals surface area (Å²) in [6, 6.07) is 9.48. The molecule has 0 radical (unpaired) electrons. The van der Waals surface area contributed by atoms with E-state index in [1.54, 1.807) is 18.2 Å². The van der Waals surface area contributed by atoms with Gasteiger partial charge in [-0.25, -0.2) is 9.59 Å². The van der Waals surface area contributed by atoms with E-state index in [2.05, 4.69) is 20.7 Å². The zero-order chi connectivity index (χ0) is 25.6. The van der Waals surface area contributed by atoms with Crippen molar-refractivity contribution in [3.8, 4) is 0 Å². The van der Waals surface area contributed by atoms with Crippen molar-refractivity contribution in [2.75, 3.05) is 24.3 Å². The lowest BCUT2D eigenvalue weighted by Gasteiger charge is -2.38. The van der Waals surface area contributed by atoms with E-state index in [1.165, 1.54) is 36.3 Å². The molecule has 4 N–H and O–H groups in total. The predicted molar refractivity (Wildman–Crippen MR) is 128 cm³/mol. The third-order valence-corrected chi connectivity index (χ3v) is 6.98. The van der Waals surface area contributed by atoms with Gasteiger partial charge in [0.15, 0.2) is 5.60 Å². The summed E-state index contributed by atoms with van der Waals surface area (Å²) in [5, 5.41) is 19.2. The minimum atomic E-state index is -1.16. The van der Waals surface area contributed by atoms with Crippen LogP contribution in [0, 0.1) is 0 Å². The number of nitrogens with zero attached hydrogens (tertiary/aromatic N) is 1. The molecule has 0 bridgehead atoms. The molecular weight excluding hydrogens is 492 g/mol. The molecule has 188 valence electrons. The third-order valence-electron chi connectivity index (χ3n) is 6.75. The monoisotopic (exact) mass is 514 g/mol. The lowest BCUT2D eigenvalue weighted by molar-refractivity contribution is -0.142. The van der Waals surface area contributed by atoms with Crippen LogP contribution in [0.25, 0.3) is 0 Å². The summed E-state index contributed by atoms with van der Waals surface area (Å²) < 4.78 is 10.2. The maximum absolute atomic E-state index is 13.4. The first kappa shape index (κ1) is 23.9. The summed E-state index contributed by atoms with van der Waals surface area (Å²) >= 11 is 6.19. The molecule has 2 fully saturated rings. The van der Waals surface area contributed by atoms with E-state index in [9.17, 15) is 24.3 Å². The fourth-order valence-corrected chi connectivity index (χ4v) is 5.24. The number of fused-ring (bicyclic) bond motifs is 3. The quantitative estimate of drug-likeness (QED) is 0.492. The summed E-state index contributed by atoms with van der Waals surface area (Å²) in [6.45, 7) is 0.0224. The number of nitrogens with one attached hydrogen (secondary N) is 3. The van der Waals surface area contributed by atoms with Gasteiger partial charge in [-0.3, -0.25) is 20.2 Å². The van der Waals surface area contributed by atoms with Crippen molar-refractivity contribution in [1.82, 2.24) is 10.2 Å². The highest BCUT2D eigenvalue weighted by molar-refractivity contribution is 6.30. The molecule has 0 saturated carbocycles. The molecule has 0 aliphatic carbocycles. The number of halogens is 1. The van der Waals surface area contributed by atoms with Crippen LogP contribution in [0.1, 0.15) is 28.8 Å². The molecule has 4 atom stereocenters. The number of anilines is 2. The molecule has 3 aliphatic rings. The average Bonchev–Trinajstić information content (AvgIpc) is 3.24. The average molecular weight is 515 g/mol. The number of amides is 4. The molecule has 2 saturated heterocycles. The Hall–Kier alpha value is -3.83. The van der Waals surface area contributed by atoms with Crippen LogP contribution in [0.3, 0.4) is 0 Å². The number of aliphatic hydroxyl groups is 1. The summed E-state index contributed by atoms with van der Waals surface area (Å²) in [5.41, 5.74) is 0.705. The van der Waals surface area contributed by atoms with Crippen LogP contribution >= 0.6 is 11.6 Å². The van der Waals surface area contributed by atoms with Crippen molar-refractivity contribution in [3.05, 3.63) is 58.6 Å². The lowest BCUT2D eigenvalue weighted by Crippen LogP contribution is -2.59. The first-order valence-corrected chi connectivity index (χ1v) is 11.6. The summed E-state index contributed by atoms with van der Waals surface area (Å²) in [7, 11) is 1.24. The summed E-state index contributed by atoms with van der Waals surface area (Å²) in [6.07, 6.45) is -2.03. The Balaban J connectivity index is 1.33. The van der Waals surface area contributed by atoms with Gasteiger partial charge in [-0.2, -0.15) is 0 Å². The van der Waals surface area contributed by atoms with E-state index >= 15 is 0 Å². The van der Waals surface area contributed by atoms with Crippen LogP contribution in [0.4, 0.5) is 21.0 Å². The Morgan fingerprint density at radius 2 is 1.97 bits per heavy atom. The van der Waals surface area contributed by atoms with Gasteiger partial charge in [-0.1, -0.05) is 11.6 Å². The van der Waals surface area contributed by atoms with Crippen LogP contribution in [-0.4, -0.2) is 65.8 Å². The Bertz CT molecular complexity index is 1250. The standard InChI is InChI=1S/C24H23ClN4O7/c1-35-22(33)26-14-5-2-12(3-6-14)20(31)27-17-9-19(30)18-10-24(11-29(18)21(17)32)15-8-13(25)4-7-16(15)28-23(34)36-24/h2-8,17-19,30H,9-11H2,1H3,(H,26,33)(H,27,31)(H,28,34)/t17-,18?,19?,24-/m0/s1. The second kappa shape index (κ2) is 8.99. The van der Waals surface area contributed by atoms with Gasteiger partial charge in [0, 0.05) is 34.7 Å². The SMILES string of the molecule is COC(=O)Nc1ccc(C(=O)N[C@H]2CC(O)C3C[C@@]4(CN3C2=O)OC(=O)Nc2ccc(Cl)cc24)cc1. The number of aliphatic hydroxyl groups excluding tert-OH is 1. The molecule has 2 aromatic rings. The van der Waals surface area contributed by atoms with Crippen molar-refractivity contribution in [1.29, 1.82) is 0 Å². The van der Waals surface area contributed by atoms with Gasteiger partial charge in [0.05, 0.1) is 31.5 Å². The van der Waals surface area contributed by atoms with Crippen LogP contribution in [0.5, 0.6) is 0 Å². The highest BCUT2D eigenvalue weighted by Gasteiger charge is 2.57. The third kappa shape index (κ3) is 4.20. The topological polar surface area (TPSA) is 146 Å². The van der Waals surface area contributed by atoms with Gasteiger partial charge >= 0.3 is 12.2 Å². The molecule has 2 unspecified atom stereocenters. The van der Waals surface area contributed by atoms with Crippen molar-refractivity contribution in [2.45, 2.75) is 36.6 Å². The highest BCUT2D eigenvalue weighted by Crippen LogP contribution is 2.48. The van der Waals surface area contributed by atoms with Crippen LogP contribution in [-0.2, 0) is 19.9 Å². The van der Waals surface area contributed by atoms with E-state index in [-0.39, 0.29) is 30.9 Å². The van der Waals surface area contributed by atoms with E-state index in [4.69, 9.17) is 16.3 Å². The van der Waals surface area contributed by atoms with E-state index in [1.807, 2.05) is 0 Å². The fourth-order valence-electron chi connectivity index (χ4n) is 5.07. The molecule has 2 aromatic carbocycles. The van der Waals surface area contributed by atoms with Gasteiger partial charge in [0.2, 0.25) is 5.91 Å². The molecular formula is C24H23ClN4O7. The number of piperidine rings is 1. The molecule has 11 nitrogen and oxygen atoms in total. The number of benzene rings is 2. The second-order valence-corrected chi connectivity index (χ2v) is 9.40. The van der Waals surface area contributed by atoms with Crippen molar-refractivity contribution >= 4 is 47.0 Å². The van der Waals surface area contributed by atoms with Gasteiger partial charge in [-0.05, 0) is 42.5 Å². The molecule has 4 amide bonds. The zero-order valence-corrected chi connectivity index (χ0v) is 19.9. The molecule has 36 heavy (non-hydrogen) atoms. The largest absolute Gasteiger partial charge is 0.453 e. The number of hydrogen-bond acceptors (Lipinski definition) is 7. The second-order valence-electron chi connectivity index (χ2n) is 8.96. The van der Waals surface area contributed by atoms with Gasteiger partial charge in [0.1, 0.15) is 6.04 Å². The minimum absolute atomic E-state index is 0.0123. The first-order chi connectivity index (χ1) is 17.2. The summed E-state index contributed by atoms with van der Waals surface area (Å²) in [5.74, 6) is -0.888. The number of methoxy groups -OCH3 is 1. The van der Waals surface area contributed by atoms with Crippen molar-refractivity contribution in [2.24, 2.45) is 0 Å². The zero-order valence-electron chi connectivity index (χ0n) is 19.1. The number of carbonyl (C=O) groups is 4. The Kier molecular flexibility index (Phi) is 5.97. The maximum atomic E-state index is 13.4. The molecule has 1 spiro atoms. The van der Waals surface area contributed by atoms with Crippen LogP contribution in [0.15, 0.2) is 42.5 Å². The predicted octanol–water partition coefficient (Wildman–Crippen LogP) is 2.44. The van der Waals surface area contributed by atoms with Gasteiger partial charge in [0.25, 0.3) is 5.91 Å². The molecule has 0 aromatic heterocycles. The number of carbonyl (C=O) groups excluding carboxylic acids is 4. The van der Waals surface area contributed by atoms with E-state index in [0.717, 1.165) is 0 Å². The van der Waals surface area contributed by atoms with Crippen LogP contribution < -0.4 is 16.0 Å². The molecule has 3 aliphatic heterocycles. The Morgan fingerprint density at radius 1 is 1.22 bits per heavy atom. The van der Waals surface area contributed by atoms with Crippen LogP contribution in [0.2, 0.25) is 5.02 Å². The molecule has 12 heteroatoms.